The summed E-state index contributed by atoms with van der Waals surface area (Å²) in [5.74, 6) is -0.184. The van der Waals surface area contributed by atoms with Crippen molar-refractivity contribution < 1.29 is 4.39 Å². The van der Waals surface area contributed by atoms with Crippen molar-refractivity contribution in [3.05, 3.63) is 54.3 Å². The van der Waals surface area contributed by atoms with Crippen LogP contribution in [0.5, 0.6) is 0 Å². The quantitative estimate of drug-likeness (QED) is 0.502. The summed E-state index contributed by atoms with van der Waals surface area (Å²) in [7, 11) is 0. The van der Waals surface area contributed by atoms with Crippen LogP contribution in [0.15, 0.2) is 48.5 Å². The number of para-hydroxylation sites is 2. The number of rotatable bonds is 0. The molecule has 72 valence electrons. The van der Waals surface area contributed by atoms with E-state index in [1.54, 1.807) is 12.1 Å². The van der Waals surface area contributed by atoms with Gasteiger partial charge in [-0.25, -0.2) is 9.37 Å². The van der Waals surface area contributed by atoms with Crippen molar-refractivity contribution in [1.29, 1.82) is 0 Å². The lowest BCUT2D eigenvalue weighted by Crippen LogP contribution is -1.87. The predicted molar refractivity (Wildman–Crippen MR) is 59.2 cm³/mol. The Hall–Kier alpha value is -1.96. The van der Waals surface area contributed by atoms with Gasteiger partial charge in [-0.05, 0) is 24.3 Å². The minimum absolute atomic E-state index is 0.184. The molecule has 0 bridgehead atoms. The second kappa shape index (κ2) is 3.02. The zero-order chi connectivity index (χ0) is 10.3. The van der Waals surface area contributed by atoms with Crippen molar-refractivity contribution in [2.24, 2.45) is 0 Å². The van der Waals surface area contributed by atoms with Crippen LogP contribution in [-0.4, -0.2) is 4.98 Å². The number of pyridine rings is 1. The van der Waals surface area contributed by atoms with E-state index < -0.39 is 0 Å². The summed E-state index contributed by atoms with van der Waals surface area (Å²) >= 11 is 0. The van der Waals surface area contributed by atoms with E-state index in [1.165, 1.54) is 0 Å². The van der Waals surface area contributed by atoms with E-state index in [4.69, 9.17) is 0 Å². The van der Waals surface area contributed by atoms with Gasteiger partial charge in [0.25, 0.3) is 0 Å². The van der Waals surface area contributed by atoms with Gasteiger partial charge >= 0.3 is 0 Å². The third-order valence-corrected chi connectivity index (χ3v) is 2.52. The summed E-state index contributed by atoms with van der Waals surface area (Å²) in [5, 5.41) is 1.16. The monoisotopic (exact) mass is 197 g/mol. The average molecular weight is 197 g/mol. The van der Waals surface area contributed by atoms with Crippen LogP contribution in [-0.2, 0) is 0 Å². The molecular formula is C13H8FN. The summed E-state index contributed by atoms with van der Waals surface area (Å²) in [4.78, 5) is 4.40. The predicted octanol–water partition coefficient (Wildman–Crippen LogP) is 3.53. The minimum Gasteiger partial charge on any atom is -0.248 e. The molecule has 0 N–H and O–H groups in total. The maximum atomic E-state index is 14.0. The van der Waals surface area contributed by atoms with Gasteiger partial charge in [-0.3, -0.25) is 0 Å². The molecule has 1 nitrogen and oxygen atoms in total. The van der Waals surface area contributed by atoms with Crippen LogP contribution in [0.1, 0.15) is 0 Å². The molecular weight excluding hydrogens is 189 g/mol. The van der Waals surface area contributed by atoms with Gasteiger partial charge in [0.15, 0.2) is 0 Å². The highest BCUT2D eigenvalue weighted by atomic mass is 19.1. The molecule has 0 spiro atoms. The first-order valence-corrected chi connectivity index (χ1v) is 4.79. The third kappa shape index (κ3) is 1.18. The molecule has 0 fully saturated rings. The van der Waals surface area contributed by atoms with Gasteiger partial charge in [0.2, 0.25) is 0 Å². The van der Waals surface area contributed by atoms with Crippen molar-refractivity contribution in [3.8, 4) is 0 Å². The molecule has 3 aromatic rings. The molecule has 2 aromatic carbocycles. The second-order valence-corrected chi connectivity index (χ2v) is 3.46. The Kier molecular flexibility index (Phi) is 1.68. The van der Waals surface area contributed by atoms with Crippen LogP contribution in [0.2, 0.25) is 0 Å². The number of hydrogen-bond acceptors (Lipinski definition) is 1. The molecule has 0 aliphatic rings. The number of hydrogen-bond donors (Lipinski definition) is 0. The first kappa shape index (κ1) is 8.36. The van der Waals surface area contributed by atoms with Gasteiger partial charge in [-0.2, -0.15) is 0 Å². The van der Waals surface area contributed by atoms with Gasteiger partial charge < -0.3 is 0 Å². The number of nitrogens with zero attached hydrogens (tertiary/aromatic N) is 1. The lowest BCUT2D eigenvalue weighted by molar-refractivity contribution is 0.651. The highest BCUT2D eigenvalue weighted by molar-refractivity contribution is 5.93. The van der Waals surface area contributed by atoms with E-state index in [0.29, 0.717) is 21.8 Å². The van der Waals surface area contributed by atoms with E-state index in [-0.39, 0.29) is 5.82 Å². The normalized spacial score (nSPS) is 11.0. The average Bonchev–Trinajstić information content (AvgIpc) is 2.30. The number of benzene rings is 2. The molecule has 0 saturated heterocycles. The molecule has 0 atom stereocenters. The van der Waals surface area contributed by atoms with E-state index in [0.717, 1.165) is 0 Å². The fourth-order valence-electron chi connectivity index (χ4n) is 1.79. The smallest absolute Gasteiger partial charge is 0.141 e. The Bertz CT molecular complexity index is 592. The SMILES string of the molecule is Fc1c2ccccc2nc2ccccc12. The van der Waals surface area contributed by atoms with Crippen LogP contribution < -0.4 is 0 Å². The molecule has 3 rings (SSSR count). The molecule has 0 saturated carbocycles. The van der Waals surface area contributed by atoms with Crippen LogP contribution in [0.3, 0.4) is 0 Å². The molecule has 2 heteroatoms. The Labute approximate surface area is 86.2 Å². The fourth-order valence-corrected chi connectivity index (χ4v) is 1.79. The summed E-state index contributed by atoms with van der Waals surface area (Å²) in [6.07, 6.45) is 0. The van der Waals surface area contributed by atoms with Gasteiger partial charge in [-0.1, -0.05) is 24.3 Å². The summed E-state index contributed by atoms with van der Waals surface area (Å²) in [6.45, 7) is 0. The first-order chi connectivity index (χ1) is 7.36. The molecule has 15 heavy (non-hydrogen) atoms. The van der Waals surface area contributed by atoms with Gasteiger partial charge in [-0.15, -0.1) is 0 Å². The molecule has 0 unspecified atom stereocenters. The Morgan fingerprint density at radius 1 is 0.733 bits per heavy atom. The van der Waals surface area contributed by atoms with Gasteiger partial charge in [0, 0.05) is 10.8 Å². The van der Waals surface area contributed by atoms with Crippen LogP contribution in [0.25, 0.3) is 21.8 Å². The maximum Gasteiger partial charge on any atom is 0.141 e. The zero-order valence-corrected chi connectivity index (χ0v) is 7.94. The summed E-state index contributed by atoms with van der Waals surface area (Å²) < 4.78 is 14.0. The summed E-state index contributed by atoms with van der Waals surface area (Å²) in [5.41, 5.74) is 1.41. The van der Waals surface area contributed by atoms with Gasteiger partial charge in [0.1, 0.15) is 5.82 Å². The largest absolute Gasteiger partial charge is 0.248 e. The van der Waals surface area contributed by atoms with Crippen molar-refractivity contribution >= 4 is 21.8 Å². The first-order valence-electron chi connectivity index (χ1n) is 4.79. The molecule has 1 heterocycles. The van der Waals surface area contributed by atoms with E-state index in [2.05, 4.69) is 4.98 Å². The highest BCUT2D eigenvalue weighted by Gasteiger charge is 2.06. The summed E-state index contributed by atoms with van der Waals surface area (Å²) in [6, 6.07) is 14.5. The van der Waals surface area contributed by atoms with E-state index in [9.17, 15) is 4.39 Å². The molecule has 0 amide bonds. The molecule has 0 aliphatic carbocycles. The second-order valence-electron chi connectivity index (χ2n) is 3.46. The van der Waals surface area contributed by atoms with E-state index >= 15 is 0 Å². The topological polar surface area (TPSA) is 12.9 Å². The fraction of sp³-hybridized carbons (Fsp3) is 0. The van der Waals surface area contributed by atoms with E-state index in [1.807, 2.05) is 36.4 Å². The van der Waals surface area contributed by atoms with Crippen LogP contribution >= 0.6 is 0 Å². The lowest BCUT2D eigenvalue weighted by atomic mass is 10.1. The molecule has 0 radical (unpaired) electrons. The van der Waals surface area contributed by atoms with Crippen molar-refractivity contribution in [3.63, 3.8) is 0 Å². The maximum absolute atomic E-state index is 14.0. The van der Waals surface area contributed by atoms with Crippen LogP contribution in [0, 0.1) is 5.82 Å². The standard InChI is InChI=1S/C13H8FN/c14-13-9-5-1-3-7-11(9)15-12-8-4-2-6-10(12)13/h1-8H. The van der Waals surface area contributed by atoms with Gasteiger partial charge in [0.05, 0.1) is 11.0 Å². The third-order valence-electron chi connectivity index (χ3n) is 2.52. The Balaban J connectivity index is 2.60. The van der Waals surface area contributed by atoms with Crippen molar-refractivity contribution in [2.75, 3.05) is 0 Å². The van der Waals surface area contributed by atoms with Crippen LogP contribution in [0.4, 0.5) is 4.39 Å². The number of aromatic nitrogens is 1. The number of halogens is 1. The molecule has 1 aromatic heterocycles. The Morgan fingerprint density at radius 3 is 1.73 bits per heavy atom. The zero-order valence-electron chi connectivity index (χ0n) is 7.94. The number of fused-ring (bicyclic) bond motifs is 2. The molecule has 0 aliphatic heterocycles. The van der Waals surface area contributed by atoms with Crippen molar-refractivity contribution in [1.82, 2.24) is 4.98 Å². The Morgan fingerprint density at radius 2 is 1.20 bits per heavy atom. The lowest BCUT2D eigenvalue weighted by Gasteiger charge is -2.02. The minimum atomic E-state index is -0.184. The highest BCUT2D eigenvalue weighted by Crippen LogP contribution is 2.23. The van der Waals surface area contributed by atoms with Crippen molar-refractivity contribution in [2.45, 2.75) is 0 Å².